The van der Waals surface area contributed by atoms with Crippen LogP contribution in [0.1, 0.15) is 24.5 Å². The van der Waals surface area contributed by atoms with Gasteiger partial charge in [0.2, 0.25) is 0 Å². The van der Waals surface area contributed by atoms with E-state index in [-0.39, 0.29) is 10.6 Å². The molecule has 0 radical (unpaired) electrons. The van der Waals surface area contributed by atoms with Crippen LogP contribution < -0.4 is 0 Å². The van der Waals surface area contributed by atoms with E-state index in [0.29, 0.717) is 10.4 Å². The van der Waals surface area contributed by atoms with Gasteiger partial charge in [-0.1, -0.05) is 13.3 Å². The minimum absolute atomic E-state index is 0.104. The number of aryl methyl sites for hydroxylation is 1. The van der Waals surface area contributed by atoms with Crippen LogP contribution in [0.3, 0.4) is 0 Å². The van der Waals surface area contributed by atoms with E-state index in [1.807, 2.05) is 6.92 Å². The summed E-state index contributed by atoms with van der Waals surface area (Å²) < 4.78 is 0.489. The topological polar surface area (TPSA) is 43.1 Å². The fraction of sp³-hybridized carbons (Fsp3) is 0.400. The predicted molar refractivity (Wildman–Crippen MR) is 64.3 cm³/mol. The molecule has 0 heterocycles. The van der Waals surface area contributed by atoms with Crippen LogP contribution in [0.25, 0.3) is 0 Å². The molecule has 0 aliphatic carbocycles. The molecule has 82 valence electrons. The van der Waals surface area contributed by atoms with E-state index in [4.69, 9.17) is 11.6 Å². The highest BCUT2D eigenvalue weighted by Gasteiger charge is 2.15. The number of hydrogen-bond acceptors (Lipinski definition) is 2. The zero-order valence-corrected chi connectivity index (χ0v) is 10.6. The van der Waals surface area contributed by atoms with Crippen molar-refractivity contribution in [3.63, 3.8) is 0 Å². The van der Waals surface area contributed by atoms with Gasteiger partial charge in [0.25, 0.3) is 5.69 Å². The van der Waals surface area contributed by atoms with Crippen molar-refractivity contribution < 1.29 is 4.92 Å². The molecular formula is C10H11BrClNO2. The number of nitro benzene ring substituents is 1. The molecule has 3 nitrogen and oxygen atoms in total. The van der Waals surface area contributed by atoms with Crippen molar-refractivity contribution in [2.24, 2.45) is 0 Å². The average Bonchev–Trinajstić information content (AvgIpc) is 2.20. The van der Waals surface area contributed by atoms with Gasteiger partial charge in [-0.15, -0.1) is 11.6 Å². The number of halogens is 2. The Morgan fingerprint density at radius 3 is 2.60 bits per heavy atom. The van der Waals surface area contributed by atoms with Crippen LogP contribution in [0.2, 0.25) is 0 Å². The molecule has 0 N–H and O–H groups in total. The van der Waals surface area contributed by atoms with Gasteiger partial charge in [-0.05, 0) is 39.5 Å². The molecule has 1 aromatic rings. The van der Waals surface area contributed by atoms with Crippen molar-refractivity contribution in [1.82, 2.24) is 0 Å². The molecule has 0 aliphatic heterocycles. The van der Waals surface area contributed by atoms with Crippen molar-refractivity contribution in [2.45, 2.75) is 25.6 Å². The molecule has 0 fully saturated rings. The number of nitrogens with zero attached hydrogens (tertiary/aromatic N) is 1. The van der Waals surface area contributed by atoms with Gasteiger partial charge < -0.3 is 0 Å². The van der Waals surface area contributed by atoms with Crippen molar-refractivity contribution >= 4 is 33.2 Å². The highest BCUT2D eigenvalue weighted by Crippen LogP contribution is 2.29. The van der Waals surface area contributed by atoms with E-state index in [9.17, 15) is 10.1 Å². The minimum Gasteiger partial charge on any atom is -0.258 e. The maximum absolute atomic E-state index is 10.7. The summed E-state index contributed by atoms with van der Waals surface area (Å²) in [6, 6.07) is 3.33. The molecule has 0 bridgehead atoms. The fourth-order valence-electron chi connectivity index (χ4n) is 1.41. The minimum atomic E-state index is -0.388. The molecule has 15 heavy (non-hydrogen) atoms. The van der Waals surface area contributed by atoms with Crippen molar-refractivity contribution in [2.75, 3.05) is 0 Å². The van der Waals surface area contributed by atoms with E-state index in [1.54, 1.807) is 12.1 Å². The monoisotopic (exact) mass is 291 g/mol. The molecule has 1 aromatic carbocycles. The molecule has 0 saturated heterocycles. The van der Waals surface area contributed by atoms with E-state index in [2.05, 4.69) is 15.9 Å². The summed E-state index contributed by atoms with van der Waals surface area (Å²) in [5, 5.41) is 10.7. The van der Waals surface area contributed by atoms with Gasteiger partial charge in [-0.25, -0.2) is 0 Å². The summed E-state index contributed by atoms with van der Waals surface area (Å²) >= 11 is 8.95. The van der Waals surface area contributed by atoms with E-state index in [0.717, 1.165) is 24.0 Å². The Hall–Kier alpha value is -0.610. The lowest BCUT2D eigenvalue weighted by Gasteiger charge is -2.07. The van der Waals surface area contributed by atoms with Crippen LogP contribution >= 0.6 is 27.5 Å². The molecule has 0 saturated carbocycles. The van der Waals surface area contributed by atoms with Gasteiger partial charge in [0.15, 0.2) is 0 Å². The van der Waals surface area contributed by atoms with Gasteiger partial charge >= 0.3 is 0 Å². The molecule has 1 rings (SSSR count). The molecule has 0 atom stereocenters. The summed E-state index contributed by atoms with van der Waals surface area (Å²) in [6.07, 6.45) is 1.76. The number of benzene rings is 1. The van der Waals surface area contributed by atoms with Gasteiger partial charge in [0.05, 0.1) is 9.40 Å². The molecular weight excluding hydrogens is 281 g/mol. The Morgan fingerprint density at radius 1 is 1.47 bits per heavy atom. The first-order valence-electron chi connectivity index (χ1n) is 4.61. The third-order valence-corrected chi connectivity index (χ3v) is 3.05. The van der Waals surface area contributed by atoms with Crippen LogP contribution in [-0.2, 0) is 12.3 Å². The van der Waals surface area contributed by atoms with Crippen LogP contribution in [0, 0.1) is 10.1 Å². The molecule has 0 aliphatic rings. The fourth-order valence-corrected chi connectivity index (χ4v) is 2.20. The summed E-state index contributed by atoms with van der Waals surface area (Å²) in [7, 11) is 0. The van der Waals surface area contributed by atoms with Gasteiger partial charge in [0, 0.05) is 11.9 Å². The van der Waals surface area contributed by atoms with E-state index in [1.165, 1.54) is 0 Å². The van der Waals surface area contributed by atoms with Crippen LogP contribution in [0.15, 0.2) is 16.6 Å². The van der Waals surface area contributed by atoms with E-state index < -0.39 is 0 Å². The van der Waals surface area contributed by atoms with Gasteiger partial charge in [0.1, 0.15) is 0 Å². The first-order chi connectivity index (χ1) is 7.10. The third-order valence-electron chi connectivity index (χ3n) is 2.13. The Bertz CT molecular complexity index is 382. The first-order valence-corrected chi connectivity index (χ1v) is 5.94. The zero-order chi connectivity index (χ0) is 11.4. The van der Waals surface area contributed by atoms with Crippen LogP contribution in [-0.4, -0.2) is 4.92 Å². The number of rotatable bonds is 4. The molecule has 5 heteroatoms. The van der Waals surface area contributed by atoms with Crippen LogP contribution in [0.4, 0.5) is 5.69 Å². The quantitative estimate of drug-likeness (QED) is 0.477. The Kier molecular flexibility index (Phi) is 4.54. The Morgan fingerprint density at radius 2 is 2.13 bits per heavy atom. The summed E-state index contributed by atoms with van der Waals surface area (Å²) in [5.74, 6) is 0.381. The van der Waals surface area contributed by atoms with Gasteiger partial charge in [-0.2, -0.15) is 0 Å². The molecule has 0 spiro atoms. The predicted octanol–water partition coefficient (Wildman–Crippen LogP) is 4.05. The summed E-state index contributed by atoms with van der Waals surface area (Å²) in [4.78, 5) is 10.3. The lowest BCUT2D eigenvalue weighted by Crippen LogP contribution is -1.96. The highest BCUT2D eigenvalue weighted by atomic mass is 79.9. The first kappa shape index (κ1) is 12.5. The Balaban J connectivity index is 3.23. The number of nitro groups is 1. The van der Waals surface area contributed by atoms with Gasteiger partial charge in [-0.3, -0.25) is 10.1 Å². The lowest BCUT2D eigenvalue weighted by molar-refractivity contribution is -0.385. The standard InChI is InChI=1S/C10H11BrClNO2/c1-2-3-7-5-10(13(14)15)9(11)4-8(7)6-12/h4-5H,2-3,6H2,1H3. The second kappa shape index (κ2) is 5.47. The highest BCUT2D eigenvalue weighted by molar-refractivity contribution is 9.10. The Labute approximate surface area is 102 Å². The second-order valence-corrected chi connectivity index (χ2v) is 4.33. The van der Waals surface area contributed by atoms with Crippen molar-refractivity contribution in [1.29, 1.82) is 0 Å². The third kappa shape index (κ3) is 2.92. The smallest absolute Gasteiger partial charge is 0.258 e. The number of hydrogen-bond donors (Lipinski definition) is 0. The maximum Gasteiger partial charge on any atom is 0.283 e. The van der Waals surface area contributed by atoms with Crippen molar-refractivity contribution in [3.05, 3.63) is 37.8 Å². The summed E-state index contributed by atoms with van der Waals surface area (Å²) in [6.45, 7) is 2.03. The van der Waals surface area contributed by atoms with Crippen molar-refractivity contribution in [3.8, 4) is 0 Å². The normalized spacial score (nSPS) is 10.3. The average molecular weight is 293 g/mol. The lowest BCUT2D eigenvalue weighted by atomic mass is 10.0. The summed E-state index contributed by atoms with van der Waals surface area (Å²) in [5.41, 5.74) is 2.02. The zero-order valence-electron chi connectivity index (χ0n) is 8.30. The molecule has 0 aromatic heterocycles. The maximum atomic E-state index is 10.7. The SMILES string of the molecule is CCCc1cc([N+](=O)[O-])c(Br)cc1CCl. The largest absolute Gasteiger partial charge is 0.283 e. The second-order valence-electron chi connectivity index (χ2n) is 3.21. The molecule has 0 unspecified atom stereocenters. The molecule has 0 amide bonds. The van der Waals surface area contributed by atoms with E-state index >= 15 is 0 Å². The number of alkyl halides is 1. The van der Waals surface area contributed by atoms with Crippen LogP contribution in [0.5, 0.6) is 0 Å².